The van der Waals surface area contributed by atoms with E-state index in [0.717, 1.165) is 6.07 Å². The van der Waals surface area contributed by atoms with Crippen molar-refractivity contribution in [3.8, 4) is 17.2 Å². The van der Waals surface area contributed by atoms with Crippen LogP contribution < -0.4 is 15.2 Å². The number of nitrogens with two attached hydrogens (primary N) is 1. The molecule has 0 radical (unpaired) electrons. The van der Waals surface area contributed by atoms with Crippen molar-refractivity contribution < 1.29 is 22.6 Å². The molecule has 3 nitrogen and oxygen atoms in total. The first-order valence-electron chi connectivity index (χ1n) is 5.84. The van der Waals surface area contributed by atoms with Gasteiger partial charge in [0.25, 0.3) is 0 Å². The van der Waals surface area contributed by atoms with Gasteiger partial charge < -0.3 is 15.2 Å². The van der Waals surface area contributed by atoms with Crippen molar-refractivity contribution in [2.75, 3.05) is 5.73 Å². The van der Waals surface area contributed by atoms with E-state index in [1.807, 2.05) is 0 Å². The van der Waals surface area contributed by atoms with Crippen LogP contribution in [0, 0.1) is 6.92 Å². The standard InChI is InChI=1S/C14H11ClF3NO2/c1-8-6-10(19)9(15)7-13(8)20-11-4-2-3-5-12(11)21-14(16,17)18/h2-7H,19H2,1H3. The number of halogens is 4. The Labute approximate surface area is 124 Å². The topological polar surface area (TPSA) is 44.5 Å². The first-order chi connectivity index (χ1) is 9.76. The van der Waals surface area contributed by atoms with E-state index in [9.17, 15) is 13.2 Å². The first kappa shape index (κ1) is 15.3. The maximum absolute atomic E-state index is 12.3. The second kappa shape index (κ2) is 5.73. The molecule has 0 saturated carbocycles. The normalized spacial score (nSPS) is 11.3. The van der Waals surface area contributed by atoms with Gasteiger partial charge in [-0.3, -0.25) is 0 Å². The van der Waals surface area contributed by atoms with Crippen LogP contribution in [-0.4, -0.2) is 6.36 Å². The molecule has 0 aromatic heterocycles. The minimum Gasteiger partial charge on any atom is -0.453 e. The Morgan fingerprint density at radius 3 is 2.29 bits per heavy atom. The van der Waals surface area contributed by atoms with Gasteiger partial charge in [0.15, 0.2) is 11.5 Å². The Bertz CT molecular complexity index is 659. The van der Waals surface area contributed by atoms with Crippen LogP contribution in [0.2, 0.25) is 5.02 Å². The summed E-state index contributed by atoms with van der Waals surface area (Å²) in [5.41, 5.74) is 6.64. The highest BCUT2D eigenvalue weighted by Gasteiger charge is 2.32. The lowest BCUT2D eigenvalue weighted by Gasteiger charge is -2.15. The molecule has 0 amide bonds. The van der Waals surface area contributed by atoms with Crippen molar-refractivity contribution in [2.24, 2.45) is 0 Å². The lowest BCUT2D eigenvalue weighted by Crippen LogP contribution is -2.17. The number of para-hydroxylation sites is 2. The van der Waals surface area contributed by atoms with Crippen LogP contribution in [0.25, 0.3) is 0 Å². The summed E-state index contributed by atoms with van der Waals surface area (Å²) < 4.78 is 46.4. The van der Waals surface area contributed by atoms with Crippen LogP contribution in [0.3, 0.4) is 0 Å². The van der Waals surface area contributed by atoms with E-state index < -0.39 is 12.1 Å². The third-order valence-corrected chi connectivity index (χ3v) is 2.92. The zero-order valence-corrected chi connectivity index (χ0v) is 11.6. The van der Waals surface area contributed by atoms with Crippen LogP contribution >= 0.6 is 11.6 Å². The number of benzene rings is 2. The predicted octanol–water partition coefficient (Wildman–Crippen LogP) is 4.92. The van der Waals surface area contributed by atoms with Gasteiger partial charge in [-0.1, -0.05) is 23.7 Å². The fraction of sp³-hybridized carbons (Fsp3) is 0.143. The van der Waals surface area contributed by atoms with E-state index in [1.54, 1.807) is 13.0 Å². The van der Waals surface area contributed by atoms with Crippen LogP contribution in [0.5, 0.6) is 17.2 Å². The molecule has 0 heterocycles. The number of anilines is 1. The molecular weight excluding hydrogens is 307 g/mol. The molecule has 2 rings (SSSR count). The van der Waals surface area contributed by atoms with Gasteiger partial charge in [-0.15, -0.1) is 13.2 Å². The SMILES string of the molecule is Cc1cc(N)c(Cl)cc1Oc1ccccc1OC(F)(F)F. The molecule has 0 aliphatic rings. The zero-order chi connectivity index (χ0) is 15.6. The molecule has 0 unspecified atom stereocenters. The van der Waals surface area contributed by atoms with Gasteiger partial charge in [-0.2, -0.15) is 0 Å². The summed E-state index contributed by atoms with van der Waals surface area (Å²) in [5, 5.41) is 0.254. The highest BCUT2D eigenvalue weighted by Crippen LogP contribution is 2.37. The maximum Gasteiger partial charge on any atom is 0.573 e. The third-order valence-electron chi connectivity index (χ3n) is 2.59. The molecule has 7 heteroatoms. The van der Waals surface area contributed by atoms with E-state index in [2.05, 4.69) is 4.74 Å². The van der Waals surface area contributed by atoms with Gasteiger partial charge in [0.1, 0.15) is 5.75 Å². The summed E-state index contributed by atoms with van der Waals surface area (Å²) >= 11 is 5.88. The average Bonchev–Trinajstić information content (AvgIpc) is 2.36. The van der Waals surface area contributed by atoms with E-state index >= 15 is 0 Å². The predicted molar refractivity (Wildman–Crippen MR) is 73.8 cm³/mol. The third kappa shape index (κ3) is 3.95. The van der Waals surface area contributed by atoms with Crippen molar-refractivity contribution in [1.29, 1.82) is 0 Å². The number of hydrogen-bond acceptors (Lipinski definition) is 3. The second-order valence-electron chi connectivity index (χ2n) is 4.24. The molecule has 112 valence electrons. The fourth-order valence-corrected chi connectivity index (χ4v) is 1.81. The number of aryl methyl sites for hydroxylation is 1. The molecule has 0 fully saturated rings. The molecular formula is C14H11ClF3NO2. The maximum atomic E-state index is 12.3. The van der Waals surface area contributed by atoms with Gasteiger partial charge in [0.2, 0.25) is 0 Å². The lowest BCUT2D eigenvalue weighted by atomic mass is 10.2. The molecule has 2 aromatic carbocycles. The minimum atomic E-state index is -4.80. The molecule has 21 heavy (non-hydrogen) atoms. The Morgan fingerprint density at radius 2 is 1.67 bits per heavy atom. The Kier molecular flexibility index (Phi) is 4.18. The summed E-state index contributed by atoms with van der Waals surface area (Å²) in [7, 11) is 0. The molecule has 2 aromatic rings. The van der Waals surface area contributed by atoms with Crippen LogP contribution in [0.1, 0.15) is 5.56 Å². The van der Waals surface area contributed by atoms with Crippen LogP contribution in [-0.2, 0) is 0 Å². The second-order valence-corrected chi connectivity index (χ2v) is 4.64. The quantitative estimate of drug-likeness (QED) is 0.817. The highest BCUT2D eigenvalue weighted by atomic mass is 35.5. The fourth-order valence-electron chi connectivity index (χ4n) is 1.66. The van der Waals surface area contributed by atoms with Crippen molar-refractivity contribution in [3.05, 3.63) is 47.0 Å². The number of alkyl halides is 3. The summed E-state index contributed by atoms with van der Waals surface area (Å²) in [6, 6.07) is 8.49. The molecule has 0 saturated heterocycles. The first-order valence-corrected chi connectivity index (χ1v) is 6.22. The van der Waals surface area contributed by atoms with Gasteiger partial charge >= 0.3 is 6.36 Å². The largest absolute Gasteiger partial charge is 0.573 e. The molecule has 2 N–H and O–H groups in total. The van der Waals surface area contributed by atoms with Gasteiger partial charge in [-0.05, 0) is 30.7 Å². The van der Waals surface area contributed by atoms with E-state index in [4.69, 9.17) is 22.1 Å². The van der Waals surface area contributed by atoms with Crippen LogP contribution in [0.15, 0.2) is 36.4 Å². The molecule has 0 aliphatic carbocycles. The van der Waals surface area contributed by atoms with Crippen molar-refractivity contribution in [1.82, 2.24) is 0 Å². The lowest BCUT2D eigenvalue weighted by molar-refractivity contribution is -0.275. The Hall–Kier alpha value is -2.08. The Balaban J connectivity index is 2.34. The molecule has 0 bridgehead atoms. The summed E-state index contributed by atoms with van der Waals surface area (Å²) in [5.74, 6) is -0.205. The van der Waals surface area contributed by atoms with Crippen molar-refractivity contribution >= 4 is 17.3 Å². The van der Waals surface area contributed by atoms with Crippen molar-refractivity contribution in [2.45, 2.75) is 13.3 Å². The summed E-state index contributed by atoms with van der Waals surface area (Å²) in [4.78, 5) is 0. The summed E-state index contributed by atoms with van der Waals surface area (Å²) in [6.07, 6.45) is -4.80. The number of ether oxygens (including phenoxy) is 2. The van der Waals surface area contributed by atoms with Gasteiger partial charge in [-0.25, -0.2) is 0 Å². The van der Waals surface area contributed by atoms with Crippen LogP contribution in [0.4, 0.5) is 18.9 Å². The van der Waals surface area contributed by atoms with Gasteiger partial charge in [0.05, 0.1) is 10.7 Å². The molecule has 0 atom stereocenters. The molecule has 0 aliphatic heterocycles. The van der Waals surface area contributed by atoms with E-state index in [1.165, 1.54) is 24.3 Å². The van der Waals surface area contributed by atoms with E-state index in [-0.39, 0.29) is 10.8 Å². The summed E-state index contributed by atoms with van der Waals surface area (Å²) in [6.45, 7) is 1.70. The van der Waals surface area contributed by atoms with Crippen molar-refractivity contribution in [3.63, 3.8) is 0 Å². The average molecular weight is 318 g/mol. The smallest absolute Gasteiger partial charge is 0.453 e. The minimum absolute atomic E-state index is 0.0706. The highest BCUT2D eigenvalue weighted by molar-refractivity contribution is 6.33. The number of nitrogen functional groups attached to an aromatic ring is 1. The zero-order valence-electron chi connectivity index (χ0n) is 10.9. The number of hydrogen-bond donors (Lipinski definition) is 1. The monoisotopic (exact) mass is 317 g/mol. The number of rotatable bonds is 3. The Morgan fingerprint density at radius 1 is 1.05 bits per heavy atom. The van der Waals surface area contributed by atoms with Gasteiger partial charge in [0, 0.05) is 6.07 Å². The van der Waals surface area contributed by atoms with E-state index in [0.29, 0.717) is 17.0 Å². The molecule has 0 spiro atoms.